The fourth-order valence-electron chi connectivity index (χ4n) is 2.08. The second-order valence-electron chi connectivity index (χ2n) is 4.56. The third kappa shape index (κ3) is 2.25. The summed E-state index contributed by atoms with van der Waals surface area (Å²) in [6.45, 7) is 2.07. The van der Waals surface area contributed by atoms with Gasteiger partial charge in [0.05, 0.1) is 13.2 Å². The van der Waals surface area contributed by atoms with Gasteiger partial charge in [0.2, 0.25) is 0 Å². The van der Waals surface area contributed by atoms with Gasteiger partial charge in [0.1, 0.15) is 17.1 Å². The summed E-state index contributed by atoms with van der Waals surface area (Å²) in [7, 11) is 1.65. The van der Waals surface area contributed by atoms with Gasteiger partial charge in [0, 0.05) is 15.6 Å². The van der Waals surface area contributed by atoms with Gasteiger partial charge >= 0.3 is 0 Å². The van der Waals surface area contributed by atoms with Gasteiger partial charge in [0.25, 0.3) is 0 Å². The molecule has 0 fully saturated rings. The maximum Gasteiger partial charge on any atom is 0.134 e. The fourth-order valence-corrected chi connectivity index (χ4v) is 2.94. The smallest absolute Gasteiger partial charge is 0.134 e. The van der Waals surface area contributed by atoms with E-state index in [9.17, 15) is 0 Å². The monoisotopic (exact) mass is 273 g/mol. The van der Waals surface area contributed by atoms with Crippen LogP contribution in [0.2, 0.25) is 0 Å². The molecule has 3 nitrogen and oxygen atoms in total. The summed E-state index contributed by atoms with van der Waals surface area (Å²) < 4.78 is 11.0. The van der Waals surface area contributed by atoms with E-state index in [1.54, 1.807) is 18.4 Å². The van der Waals surface area contributed by atoms with E-state index in [0.717, 1.165) is 27.4 Å². The van der Waals surface area contributed by atoms with Crippen molar-refractivity contribution in [2.45, 2.75) is 13.0 Å². The van der Waals surface area contributed by atoms with Crippen molar-refractivity contribution in [2.24, 2.45) is 5.73 Å². The number of aryl methyl sites for hydroxylation is 1. The van der Waals surface area contributed by atoms with Crippen LogP contribution in [0.4, 0.5) is 0 Å². The molecule has 98 valence electrons. The summed E-state index contributed by atoms with van der Waals surface area (Å²) in [6, 6.07) is 9.84. The molecule has 19 heavy (non-hydrogen) atoms. The van der Waals surface area contributed by atoms with Crippen LogP contribution in [0, 0.1) is 6.92 Å². The maximum atomic E-state index is 6.25. The summed E-state index contributed by atoms with van der Waals surface area (Å²) in [5.74, 6) is 1.62. The zero-order valence-corrected chi connectivity index (χ0v) is 11.7. The molecule has 2 heterocycles. The average Bonchev–Trinajstić information content (AvgIpc) is 3.03. The van der Waals surface area contributed by atoms with Gasteiger partial charge in [-0.25, -0.2) is 0 Å². The summed E-state index contributed by atoms with van der Waals surface area (Å²) >= 11 is 1.58. The Hall–Kier alpha value is -1.78. The van der Waals surface area contributed by atoms with Crippen molar-refractivity contribution in [3.63, 3.8) is 0 Å². The molecular formula is C15H15NO2S. The van der Waals surface area contributed by atoms with Gasteiger partial charge in [0.15, 0.2) is 0 Å². The minimum Gasteiger partial charge on any atom is -0.496 e. The van der Waals surface area contributed by atoms with E-state index in [1.807, 2.05) is 29.6 Å². The highest BCUT2D eigenvalue weighted by Crippen LogP contribution is 2.32. The molecule has 2 N–H and O–H groups in total. The first-order valence-electron chi connectivity index (χ1n) is 6.05. The summed E-state index contributed by atoms with van der Waals surface area (Å²) in [5.41, 5.74) is 8.34. The highest BCUT2D eigenvalue weighted by molar-refractivity contribution is 7.10. The van der Waals surface area contributed by atoms with Crippen molar-refractivity contribution in [3.05, 3.63) is 51.9 Å². The van der Waals surface area contributed by atoms with E-state index < -0.39 is 0 Å². The van der Waals surface area contributed by atoms with E-state index in [4.69, 9.17) is 14.9 Å². The highest BCUT2D eigenvalue weighted by atomic mass is 32.1. The molecule has 0 radical (unpaired) electrons. The molecule has 4 heteroatoms. The average molecular weight is 273 g/mol. The lowest BCUT2D eigenvalue weighted by atomic mass is 10.1. The molecule has 0 saturated carbocycles. The number of nitrogens with two attached hydrogens (primary N) is 1. The Labute approximate surface area is 115 Å². The fraction of sp³-hybridized carbons (Fsp3) is 0.200. The van der Waals surface area contributed by atoms with Gasteiger partial charge in [-0.15, -0.1) is 11.3 Å². The molecule has 3 rings (SSSR count). The minimum atomic E-state index is -0.249. The van der Waals surface area contributed by atoms with Crippen molar-refractivity contribution in [1.29, 1.82) is 0 Å². The molecule has 1 unspecified atom stereocenters. The van der Waals surface area contributed by atoms with Crippen LogP contribution < -0.4 is 10.5 Å². The maximum absolute atomic E-state index is 6.25. The van der Waals surface area contributed by atoms with Crippen LogP contribution in [0.25, 0.3) is 11.0 Å². The molecule has 2 aromatic heterocycles. The van der Waals surface area contributed by atoms with Crippen molar-refractivity contribution >= 4 is 22.3 Å². The molecule has 0 aliphatic heterocycles. The number of hydrogen-bond acceptors (Lipinski definition) is 4. The van der Waals surface area contributed by atoms with E-state index >= 15 is 0 Å². The molecular weight excluding hydrogens is 258 g/mol. The largest absolute Gasteiger partial charge is 0.496 e. The zero-order valence-electron chi connectivity index (χ0n) is 10.8. The Bertz CT molecular complexity index is 714. The van der Waals surface area contributed by atoms with Gasteiger partial charge in [-0.2, -0.15) is 0 Å². The third-order valence-electron chi connectivity index (χ3n) is 3.14. The molecule has 0 amide bonds. The Morgan fingerprint density at radius 3 is 2.84 bits per heavy atom. The highest BCUT2D eigenvalue weighted by Gasteiger charge is 2.16. The van der Waals surface area contributed by atoms with E-state index in [2.05, 4.69) is 13.0 Å². The van der Waals surface area contributed by atoms with Crippen LogP contribution in [0.5, 0.6) is 5.75 Å². The first kappa shape index (κ1) is 12.3. The zero-order chi connectivity index (χ0) is 13.4. The second kappa shape index (κ2) is 4.72. The number of rotatable bonds is 3. The number of thiophene rings is 1. The number of methoxy groups -OCH3 is 1. The van der Waals surface area contributed by atoms with Gasteiger partial charge in [-0.3, -0.25) is 0 Å². The van der Waals surface area contributed by atoms with Crippen molar-refractivity contribution in [1.82, 2.24) is 0 Å². The van der Waals surface area contributed by atoms with Crippen LogP contribution in [0.1, 0.15) is 22.2 Å². The third-order valence-corrected chi connectivity index (χ3v) is 4.13. The lowest BCUT2D eigenvalue weighted by Gasteiger charge is -2.04. The molecule has 0 aliphatic carbocycles. The summed E-state index contributed by atoms with van der Waals surface area (Å²) in [4.78, 5) is 1.03. The van der Waals surface area contributed by atoms with E-state index in [1.165, 1.54) is 5.56 Å². The number of fused-ring (bicyclic) bond motifs is 1. The normalized spacial score (nSPS) is 12.8. The lowest BCUT2D eigenvalue weighted by Crippen LogP contribution is -2.08. The van der Waals surface area contributed by atoms with Crippen molar-refractivity contribution < 1.29 is 9.15 Å². The van der Waals surface area contributed by atoms with E-state index in [0.29, 0.717) is 0 Å². The van der Waals surface area contributed by atoms with Crippen LogP contribution >= 0.6 is 11.3 Å². The quantitative estimate of drug-likeness (QED) is 0.788. The van der Waals surface area contributed by atoms with Crippen LogP contribution in [0.3, 0.4) is 0 Å². The minimum absolute atomic E-state index is 0.249. The van der Waals surface area contributed by atoms with Crippen LogP contribution in [0.15, 0.2) is 40.1 Å². The van der Waals surface area contributed by atoms with Crippen LogP contribution in [-0.4, -0.2) is 7.11 Å². The van der Waals surface area contributed by atoms with Gasteiger partial charge < -0.3 is 14.9 Å². The first-order valence-corrected chi connectivity index (χ1v) is 6.93. The standard InChI is InChI=1S/C15H15NO2S/c1-9-3-4-12-10(5-9)6-13(18-12)15(16)14-7-11(17-2)8-19-14/h3-8,15H,16H2,1-2H3. The number of hydrogen-bond donors (Lipinski definition) is 1. The Morgan fingerprint density at radius 1 is 1.26 bits per heavy atom. The summed E-state index contributed by atoms with van der Waals surface area (Å²) in [5, 5.41) is 3.04. The van der Waals surface area contributed by atoms with Crippen LogP contribution in [-0.2, 0) is 0 Å². The van der Waals surface area contributed by atoms with Gasteiger partial charge in [-0.05, 0) is 31.2 Å². The summed E-state index contributed by atoms with van der Waals surface area (Å²) in [6.07, 6.45) is 0. The van der Waals surface area contributed by atoms with E-state index in [-0.39, 0.29) is 6.04 Å². The Morgan fingerprint density at radius 2 is 2.11 bits per heavy atom. The molecule has 1 aromatic carbocycles. The number of ether oxygens (including phenoxy) is 1. The Balaban J connectivity index is 1.98. The topological polar surface area (TPSA) is 48.4 Å². The van der Waals surface area contributed by atoms with Crippen molar-refractivity contribution in [3.8, 4) is 5.75 Å². The lowest BCUT2D eigenvalue weighted by molar-refractivity contribution is 0.416. The predicted molar refractivity (Wildman–Crippen MR) is 77.9 cm³/mol. The Kier molecular flexibility index (Phi) is 3.05. The molecule has 1 atom stereocenters. The molecule has 0 aliphatic rings. The molecule has 0 saturated heterocycles. The number of furan rings is 1. The molecule has 3 aromatic rings. The van der Waals surface area contributed by atoms with Crippen molar-refractivity contribution in [2.75, 3.05) is 7.11 Å². The first-order chi connectivity index (χ1) is 9.17. The predicted octanol–water partition coefficient (Wildman–Crippen LogP) is 3.86. The molecule has 0 bridgehead atoms. The SMILES string of the molecule is COc1csc(C(N)c2cc3cc(C)ccc3o2)c1. The molecule has 0 spiro atoms. The van der Waals surface area contributed by atoms with Gasteiger partial charge in [-0.1, -0.05) is 11.6 Å². The second-order valence-corrected chi connectivity index (χ2v) is 5.50. The number of benzene rings is 1.